The van der Waals surface area contributed by atoms with Gasteiger partial charge in [0.25, 0.3) is 0 Å². The maximum absolute atomic E-state index is 15.0. The highest BCUT2D eigenvalue weighted by Crippen LogP contribution is 2.40. The van der Waals surface area contributed by atoms with Crippen molar-refractivity contribution in [2.45, 2.75) is 47.0 Å². The van der Waals surface area contributed by atoms with E-state index in [0.717, 1.165) is 19.3 Å². The lowest BCUT2D eigenvalue weighted by atomic mass is 10.1. The molecule has 0 spiro atoms. The minimum atomic E-state index is -0.597. The molecule has 3 aromatic rings. The summed E-state index contributed by atoms with van der Waals surface area (Å²) in [6.07, 6.45) is 2.95. The van der Waals surface area contributed by atoms with Crippen LogP contribution in [0.1, 0.15) is 44.2 Å². The Kier molecular flexibility index (Phi) is 5.35. The van der Waals surface area contributed by atoms with Crippen LogP contribution in [-0.2, 0) is 0 Å². The van der Waals surface area contributed by atoms with Gasteiger partial charge in [-0.1, -0.05) is 19.8 Å². The van der Waals surface area contributed by atoms with Gasteiger partial charge in [-0.2, -0.15) is 8.78 Å². The van der Waals surface area contributed by atoms with Crippen LogP contribution in [0.15, 0.2) is 16.5 Å². The van der Waals surface area contributed by atoms with Crippen LogP contribution in [0.25, 0.3) is 21.9 Å². The first-order valence-electron chi connectivity index (χ1n) is 9.09. The largest absolute Gasteiger partial charge is 0.490 e. The quantitative estimate of drug-likeness (QED) is 0.453. The molecule has 2 aromatic carbocycles. The van der Waals surface area contributed by atoms with Crippen molar-refractivity contribution in [1.82, 2.24) is 0 Å². The lowest BCUT2D eigenvalue weighted by Crippen LogP contribution is -2.01. The Balaban J connectivity index is 2.14. The average Bonchev–Trinajstić information content (AvgIpc) is 2.97. The highest BCUT2D eigenvalue weighted by molar-refractivity contribution is 6.06. The number of benzene rings is 2. The SMILES string of the molecule is CCCCCOc1c(C)cc2c(oc3c(F)c(OCC)c(C)cc32)c1F. The Morgan fingerprint density at radius 2 is 1.38 bits per heavy atom. The van der Waals surface area contributed by atoms with Gasteiger partial charge >= 0.3 is 0 Å². The Hall–Kier alpha value is -2.30. The van der Waals surface area contributed by atoms with Gasteiger partial charge in [0.1, 0.15) is 0 Å². The molecule has 5 heteroatoms. The zero-order chi connectivity index (χ0) is 18.8. The third-order valence-electron chi connectivity index (χ3n) is 4.50. The molecular formula is C21H24F2O3. The van der Waals surface area contributed by atoms with Crippen LogP contribution in [0.2, 0.25) is 0 Å². The van der Waals surface area contributed by atoms with E-state index in [0.29, 0.717) is 35.1 Å². The van der Waals surface area contributed by atoms with Gasteiger partial charge in [0.05, 0.1) is 13.2 Å². The van der Waals surface area contributed by atoms with Crippen LogP contribution in [0.3, 0.4) is 0 Å². The zero-order valence-electron chi connectivity index (χ0n) is 15.7. The second-order valence-electron chi connectivity index (χ2n) is 6.52. The van der Waals surface area contributed by atoms with Crippen LogP contribution >= 0.6 is 0 Å². The van der Waals surface area contributed by atoms with Crippen molar-refractivity contribution in [2.24, 2.45) is 0 Å². The van der Waals surface area contributed by atoms with E-state index in [-0.39, 0.29) is 22.7 Å². The number of halogens is 2. The van der Waals surface area contributed by atoms with Gasteiger partial charge in [-0.05, 0) is 50.5 Å². The Morgan fingerprint density at radius 1 is 0.846 bits per heavy atom. The van der Waals surface area contributed by atoms with Gasteiger partial charge in [-0.15, -0.1) is 0 Å². The van der Waals surface area contributed by atoms with Crippen molar-refractivity contribution in [2.75, 3.05) is 13.2 Å². The molecule has 0 N–H and O–H groups in total. The summed E-state index contributed by atoms with van der Waals surface area (Å²) in [5.41, 5.74) is 1.34. The van der Waals surface area contributed by atoms with Gasteiger partial charge in [0.2, 0.25) is 11.6 Å². The average molecular weight is 362 g/mol. The molecule has 0 aliphatic rings. The summed E-state index contributed by atoms with van der Waals surface area (Å²) >= 11 is 0. The van der Waals surface area contributed by atoms with E-state index in [4.69, 9.17) is 13.9 Å². The number of fused-ring (bicyclic) bond motifs is 3. The fourth-order valence-corrected chi connectivity index (χ4v) is 3.21. The van der Waals surface area contributed by atoms with Crippen molar-refractivity contribution in [3.63, 3.8) is 0 Å². The van der Waals surface area contributed by atoms with E-state index >= 15 is 0 Å². The summed E-state index contributed by atoms with van der Waals surface area (Å²) in [7, 11) is 0. The highest BCUT2D eigenvalue weighted by atomic mass is 19.1. The van der Waals surface area contributed by atoms with Crippen molar-refractivity contribution in [1.29, 1.82) is 0 Å². The molecule has 0 fully saturated rings. The molecule has 0 radical (unpaired) electrons. The Labute approximate surface area is 151 Å². The molecule has 1 aromatic heterocycles. The van der Waals surface area contributed by atoms with Gasteiger partial charge in [-0.25, -0.2) is 0 Å². The molecule has 0 unspecified atom stereocenters. The van der Waals surface area contributed by atoms with Crippen molar-refractivity contribution < 1.29 is 22.7 Å². The minimum absolute atomic E-state index is 0.00971. The van der Waals surface area contributed by atoms with Crippen LogP contribution < -0.4 is 9.47 Å². The fraction of sp³-hybridized carbons (Fsp3) is 0.429. The summed E-state index contributed by atoms with van der Waals surface area (Å²) in [5, 5.41) is 1.08. The third kappa shape index (κ3) is 3.11. The summed E-state index contributed by atoms with van der Waals surface area (Å²) in [4.78, 5) is 0. The zero-order valence-corrected chi connectivity index (χ0v) is 15.7. The molecule has 0 saturated heterocycles. The summed E-state index contributed by atoms with van der Waals surface area (Å²) in [5.74, 6) is -0.856. The number of rotatable bonds is 7. The molecule has 0 aliphatic carbocycles. The molecule has 140 valence electrons. The Morgan fingerprint density at radius 3 is 1.88 bits per heavy atom. The van der Waals surface area contributed by atoms with Crippen LogP contribution in [0.5, 0.6) is 11.5 Å². The molecule has 26 heavy (non-hydrogen) atoms. The number of unbranched alkanes of at least 4 members (excludes halogenated alkanes) is 2. The molecule has 1 heterocycles. The molecule has 3 nitrogen and oxygen atoms in total. The van der Waals surface area contributed by atoms with Crippen LogP contribution in [-0.4, -0.2) is 13.2 Å². The number of hydrogen-bond acceptors (Lipinski definition) is 3. The van der Waals surface area contributed by atoms with E-state index in [1.54, 1.807) is 32.9 Å². The van der Waals surface area contributed by atoms with Gasteiger partial charge in [-0.3, -0.25) is 0 Å². The third-order valence-corrected chi connectivity index (χ3v) is 4.50. The molecule has 0 saturated carbocycles. The van der Waals surface area contributed by atoms with Crippen molar-refractivity contribution in [3.05, 3.63) is 34.9 Å². The topological polar surface area (TPSA) is 31.6 Å². The molecule has 0 atom stereocenters. The predicted octanol–water partition coefficient (Wildman–Crippen LogP) is 6.45. The van der Waals surface area contributed by atoms with Gasteiger partial charge in [0.15, 0.2) is 22.7 Å². The highest BCUT2D eigenvalue weighted by Gasteiger charge is 2.23. The standard InChI is InChI=1S/C21H24F2O3/c1-5-7-8-9-25-19-13(4)11-15-14-10-12(3)18(24-6-2)16(22)20(14)26-21(15)17(19)23/h10-11H,5-9H2,1-4H3. The molecule has 0 bridgehead atoms. The summed E-state index contributed by atoms with van der Waals surface area (Å²) in [6.45, 7) is 8.22. The van der Waals surface area contributed by atoms with E-state index in [1.807, 2.05) is 0 Å². The summed E-state index contributed by atoms with van der Waals surface area (Å²) in [6, 6.07) is 3.56. The first-order chi connectivity index (χ1) is 12.5. The molecule has 3 rings (SSSR count). The van der Waals surface area contributed by atoms with Crippen LogP contribution in [0, 0.1) is 25.5 Å². The fourth-order valence-electron chi connectivity index (χ4n) is 3.21. The minimum Gasteiger partial charge on any atom is -0.490 e. The predicted molar refractivity (Wildman–Crippen MR) is 99.3 cm³/mol. The maximum atomic E-state index is 15.0. The Bertz CT molecular complexity index is 944. The maximum Gasteiger partial charge on any atom is 0.208 e. The normalized spacial score (nSPS) is 11.5. The van der Waals surface area contributed by atoms with E-state index in [1.165, 1.54) is 0 Å². The lowest BCUT2D eigenvalue weighted by Gasteiger charge is -2.10. The monoisotopic (exact) mass is 362 g/mol. The smallest absolute Gasteiger partial charge is 0.208 e. The van der Waals surface area contributed by atoms with E-state index < -0.39 is 11.6 Å². The lowest BCUT2D eigenvalue weighted by molar-refractivity contribution is 0.289. The van der Waals surface area contributed by atoms with E-state index in [9.17, 15) is 8.78 Å². The first kappa shape index (κ1) is 18.5. The van der Waals surface area contributed by atoms with Gasteiger partial charge < -0.3 is 13.9 Å². The van der Waals surface area contributed by atoms with Gasteiger partial charge in [0, 0.05) is 10.8 Å². The summed E-state index contributed by atoms with van der Waals surface area (Å²) < 4.78 is 46.4. The van der Waals surface area contributed by atoms with Crippen molar-refractivity contribution in [3.8, 4) is 11.5 Å². The molecule has 0 amide bonds. The number of ether oxygens (including phenoxy) is 2. The second-order valence-corrected chi connectivity index (χ2v) is 6.52. The molecular weight excluding hydrogens is 338 g/mol. The van der Waals surface area contributed by atoms with Crippen molar-refractivity contribution >= 4 is 21.9 Å². The number of aryl methyl sites for hydroxylation is 2. The van der Waals surface area contributed by atoms with E-state index in [2.05, 4.69) is 6.92 Å². The first-order valence-corrected chi connectivity index (χ1v) is 9.09. The molecule has 0 aliphatic heterocycles. The number of furan rings is 1. The number of hydrogen-bond donors (Lipinski definition) is 0. The van der Waals surface area contributed by atoms with Crippen LogP contribution in [0.4, 0.5) is 8.78 Å². The second kappa shape index (κ2) is 7.52.